The predicted octanol–water partition coefficient (Wildman–Crippen LogP) is 4.00. The Morgan fingerprint density at radius 1 is 1.08 bits per heavy atom. The Hall–Kier alpha value is -2.49. The fraction of sp³-hybridized carbons (Fsp3) is 0.350. The molecule has 0 saturated heterocycles. The number of methoxy groups -OCH3 is 1. The Morgan fingerprint density at radius 3 is 2.42 bits per heavy atom. The van der Waals surface area contributed by atoms with E-state index in [4.69, 9.17) is 9.47 Å². The molecule has 0 atom stereocenters. The first kappa shape index (κ1) is 17.9. The number of hydrogen-bond acceptors (Lipinski definition) is 3. The van der Waals surface area contributed by atoms with E-state index in [2.05, 4.69) is 13.8 Å². The molecule has 0 saturated carbocycles. The van der Waals surface area contributed by atoms with Crippen LogP contribution in [-0.4, -0.2) is 31.6 Å². The van der Waals surface area contributed by atoms with Crippen molar-refractivity contribution in [3.8, 4) is 11.5 Å². The maximum absolute atomic E-state index is 12.6. The van der Waals surface area contributed by atoms with Crippen molar-refractivity contribution < 1.29 is 14.3 Å². The highest BCUT2D eigenvalue weighted by Crippen LogP contribution is 2.29. The van der Waals surface area contributed by atoms with Gasteiger partial charge in [-0.25, -0.2) is 0 Å². The average Bonchev–Trinajstić information content (AvgIpc) is 2.59. The standard InChI is InChI=1S/C20H25NO3/c1-15(2)14-24-18-11-10-17(12-19(18)23-4)20(22)21(3)13-16-8-6-5-7-9-16/h5-12,15H,13-14H2,1-4H3. The topological polar surface area (TPSA) is 38.8 Å². The number of carbonyl (C=O) groups is 1. The van der Waals surface area contributed by atoms with Crippen LogP contribution in [0.3, 0.4) is 0 Å². The number of benzene rings is 2. The molecule has 0 heterocycles. The second-order valence-electron chi connectivity index (χ2n) is 6.22. The molecule has 0 aliphatic rings. The van der Waals surface area contributed by atoms with Gasteiger partial charge in [-0.2, -0.15) is 0 Å². The highest BCUT2D eigenvalue weighted by atomic mass is 16.5. The lowest BCUT2D eigenvalue weighted by molar-refractivity contribution is 0.0784. The zero-order chi connectivity index (χ0) is 17.5. The molecular weight excluding hydrogens is 302 g/mol. The Bertz CT molecular complexity index is 668. The zero-order valence-electron chi connectivity index (χ0n) is 14.8. The van der Waals surface area contributed by atoms with Gasteiger partial charge in [0.25, 0.3) is 5.91 Å². The fourth-order valence-electron chi connectivity index (χ4n) is 2.33. The van der Waals surface area contributed by atoms with Gasteiger partial charge < -0.3 is 14.4 Å². The van der Waals surface area contributed by atoms with E-state index in [0.717, 1.165) is 5.56 Å². The van der Waals surface area contributed by atoms with Crippen LogP contribution < -0.4 is 9.47 Å². The van der Waals surface area contributed by atoms with Crippen molar-refractivity contribution in [3.05, 3.63) is 59.7 Å². The Kier molecular flexibility index (Phi) is 6.24. The number of ether oxygens (including phenoxy) is 2. The summed E-state index contributed by atoms with van der Waals surface area (Å²) in [6.07, 6.45) is 0. The number of carbonyl (C=O) groups excluding carboxylic acids is 1. The lowest BCUT2D eigenvalue weighted by Crippen LogP contribution is -2.26. The second-order valence-corrected chi connectivity index (χ2v) is 6.22. The van der Waals surface area contributed by atoms with Gasteiger partial charge in [-0.15, -0.1) is 0 Å². The van der Waals surface area contributed by atoms with E-state index in [1.54, 1.807) is 37.3 Å². The van der Waals surface area contributed by atoms with E-state index in [9.17, 15) is 4.79 Å². The molecule has 0 bridgehead atoms. The largest absolute Gasteiger partial charge is 0.493 e. The van der Waals surface area contributed by atoms with Gasteiger partial charge in [0.05, 0.1) is 13.7 Å². The number of amides is 1. The summed E-state index contributed by atoms with van der Waals surface area (Å²) in [7, 11) is 3.38. The van der Waals surface area contributed by atoms with Crippen molar-refractivity contribution in [3.63, 3.8) is 0 Å². The normalized spacial score (nSPS) is 10.5. The summed E-state index contributed by atoms with van der Waals surface area (Å²) in [5.74, 6) is 1.61. The first-order valence-corrected chi connectivity index (χ1v) is 8.11. The number of rotatable bonds is 7. The van der Waals surface area contributed by atoms with Gasteiger partial charge >= 0.3 is 0 Å². The summed E-state index contributed by atoms with van der Waals surface area (Å²) in [5, 5.41) is 0. The highest BCUT2D eigenvalue weighted by Gasteiger charge is 2.15. The minimum Gasteiger partial charge on any atom is -0.493 e. The molecule has 2 rings (SSSR count). The SMILES string of the molecule is COc1cc(C(=O)N(C)Cc2ccccc2)ccc1OCC(C)C. The summed E-state index contributed by atoms with van der Waals surface area (Å²) < 4.78 is 11.1. The number of nitrogens with zero attached hydrogens (tertiary/aromatic N) is 1. The van der Waals surface area contributed by atoms with Gasteiger partial charge in [0.15, 0.2) is 11.5 Å². The van der Waals surface area contributed by atoms with Crippen LogP contribution in [0.25, 0.3) is 0 Å². The van der Waals surface area contributed by atoms with Crippen LogP contribution in [0.2, 0.25) is 0 Å². The molecule has 4 heteroatoms. The third-order valence-corrected chi connectivity index (χ3v) is 3.59. The molecule has 0 radical (unpaired) electrons. The van der Waals surface area contributed by atoms with Gasteiger partial charge in [-0.1, -0.05) is 44.2 Å². The molecule has 0 spiro atoms. The van der Waals surface area contributed by atoms with E-state index in [1.165, 1.54) is 0 Å². The third kappa shape index (κ3) is 4.75. The van der Waals surface area contributed by atoms with Gasteiger partial charge in [0.2, 0.25) is 0 Å². The average molecular weight is 327 g/mol. The van der Waals surface area contributed by atoms with E-state index in [-0.39, 0.29) is 5.91 Å². The van der Waals surface area contributed by atoms with Gasteiger partial charge in [-0.3, -0.25) is 4.79 Å². The quantitative estimate of drug-likeness (QED) is 0.771. The Morgan fingerprint density at radius 2 is 1.79 bits per heavy atom. The zero-order valence-corrected chi connectivity index (χ0v) is 14.8. The van der Waals surface area contributed by atoms with Gasteiger partial charge in [0, 0.05) is 19.2 Å². The van der Waals surface area contributed by atoms with Crippen LogP contribution in [0.5, 0.6) is 11.5 Å². The Balaban J connectivity index is 2.11. The minimum atomic E-state index is -0.0486. The van der Waals surface area contributed by atoms with Crippen LogP contribution in [-0.2, 0) is 6.54 Å². The van der Waals surface area contributed by atoms with Crippen molar-refractivity contribution in [1.82, 2.24) is 4.90 Å². The van der Waals surface area contributed by atoms with Crippen LogP contribution in [0.4, 0.5) is 0 Å². The molecule has 2 aromatic rings. The molecule has 128 valence electrons. The molecular formula is C20H25NO3. The van der Waals surface area contributed by atoms with Crippen molar-refractivity contribution in [2.45, 2.75) is 20.4 Å². The first-order chi connectivity index (χ1) is 11.5. The summed E-state index contributed by atoms with van der Waals surface area (Å²) in [4.78, 5) is 14.3. The third-order valence-electron chi connectivity index (χ3n) is 3.59. The molecule has 0 N–H and O–H groups in total. The van der Waals surface area contributed by atoms with Crippen LogP contribution in [0, 0.1) is 5.92 Å². The lowest BCUT2D eigenvalue weighted by Gasteiger charge is -2.19. The van der Waals surface area contributed by atoms with E-state index < -0.39 is 0 Å². The van der Waals surface area contributed by atoms with Crippen LogP contribution in [0.1, 0.15) is 29.8 Å². The molecule has 0 aromatic heterocycles. The van der Waals surface area contributed by atoms with Crippen LogP contribution >= 0.6 is 0 Å². The van der Waals surface area contributed by atoms with E-state index >= 15 is 0 Å². The molecule has 2 aromatic carbocycles. The summed E-state index contributed by atoms with van der Waals surface area (Å²) in [5.41, 5.74) is 1.68. The molecule has 0 aliphatic heterocycles. The molecule has 0 unspecified atom stereocenters. The van der Waals surface area contributed by atoms with E-state index in [1.807, 2.05) is 30.3 Å². The second kappa shape index (κ2) is 8.39. The van der Waals surface area contributed by atoms with Crippen molar-refractivity contribution in [2.24, 2.45) is 5.92 Å². The fourth-order valence-corrected chi connectivity index (χ4v) is 2.33. The molecule has 0 fully saturated rings. The highest BCUT2D eigenvalue weighted by molar-refractivity contribution is 5.94. The van der Waals surface area contributed by atoms with Crippen molar-refractivity contribution in [1.29, 1.82) is 0 Å². The first-order valence-electron chi connectivity index (χ1n) is 8.11. The van der Waals surface area contributed by atoms with Gasteiger partial charge in [-0.05, 0) is 29.7 Å². The van der Waals surface area contributed by atoms with E-state index in [0.29, 0.717) is 36.1 Å². The smallest absolute Gasteiger partial charge is 0.254 e. The number of hydrogen-bond donors (Lipinski definition) is 0. The molecule has 4 nitrogen and oxygen atoms in total. The van der Waals surface area contributed by atoms with Crippen LogP contribution in [0.15, 0.2) is 48.5 Å². The minimum absolute atomic E-state index is 0.0486. The molecule has 24 heavy (non-hydrogen) atoms. The predicted molar refractivity (Wildman–Crippen MR) is 95.6 cm³/mol. The van der Waals surface area contributed by atoms with Crippen molar-refractivity contribution >= 4 is 5.91 Å². The summed E-state index contributed by atoms with van der Waals surface area (Å²) in [6, 6.07) is 15.2. The summed E-state index contributed by atoms with van der Waals surface area (Å²) in [6.45, 7) is 5.34. The van der Waals surface area contributed by atoms with Crippen molar-refractivity contribution in [2.75, 3.05) is 20.8 Å². The summed E-state index contributed by atoms with van der Waals surface area (Å²) >= 11 is 0. The van der Waals surface area contributed by atoms with Gasteiger partial charge in [0.1, 0.15) is 0 Å². The monoisotopic (exact) mass is 327 g/mol. The Labute approximate surface area is 144 Å². The maximum atomic E-state index is 12.6. The molecule has 0 aliphatic carbocycles. The lowest BCUT2D eigenvalue weighted by atomic mass is 10.1. The maximum Gasteiger partial charge on any atom is 0.254 e. The molecule has 1 amide bonds.